The van der Waals surface area contributed by atoms with E-state index in [4.69, 9.17) is 4.74 Å². The number of para-hydroxylation sites is 3. The molecule has 0 aromatic heterocycles. The Balaban J connectivity index is 1.29. The number of thioether (sulfide) groups is 1. The molecule has 1 aliphatic rings. The van der Waals surface area contributed by atoms with Gasteiger partial charge in [0.05, 0.1) is 11.4 Å². The van der Waals surface area contributed by atoms with Crippen LogP contribution in [0.2, 0.25) is 0 Å². The number of nitrogens with one attached hydrogen (secondary N) is 1. The number of anilines is 1. The standard InChI is InChI=1S/C29H24N2O3S/c32-27-20-35-29(31(27)19-21-9-3-1-4-10-21)23-17-15-22(16-18-23)28(33)30-25-13-7-8-14-26(25)34-24-11-5-2-6-12-24/h1-18,29H,19-20H2,(H,30,33)/t29-/m1/s1. The average molecular weight is 481 g/mol. The number of carbonyl (C=O) groups is 2. The van der Waals surface area contributed by atoms with Crippen molar-refractivity contribution in [3.05, 3.63) is 126 Å². The van der Waals surface area contributed by atoms with Crippen LogP contribution in [-0.2, 0) is 11.3 Å². The summed E-state index contributed by atoms with van der Waals surface area (Å²) >= 11 is 1.61. The summed E-state index contributed by atoms with van der Waals surface area (Å²) in [5, 5.41) is 2.88. The summed E-state index contributed by atoms with van der Waals surface area (Å²) in [6.45, 7) is 0.567. The molecule has 35 heavy (non-hydrogen) atoms. The third kappa shape index (κ3) is 5.39. The van der Waals surface area contributed by atoms with Crippen LogP contribution in [0.4, 0.5) is 5.69 Å². The summed E-state index contributed by atoms with van der Waals surface area (Å²) in [5.41, 5.74) is 3.23. The van der Waals surface area contributed by atoms with E-state index >= 15 is 0 Å². The topological polar surface area (TPSA) is 58.6 Å². The number of benzene rings is 4. The quantitative estimate of drug-likeness (QED) is 0.328. The predicted octanol–water partition coefficient (Wildman–Crippen LogP) is 6.51. The lowest BCUT2D eigenvalue weighted by atomic mass is 10.1. The first-order chi connectivity index (χ1) is 17.2. The molecule has 1 saturated heterocycles. The van der Waals surface area contributed by atoms with E-state index in [2.05, 4.69) is 5.32 Å². The van der Waals surface area contributed by atoms with Crippen molar-refractivity contribution in [2.45, 2.75) is 11.9 Å². The van der Waals surface area contributed by atoms with Crippen LogP contribution in [0.25, 0.3) is 0 Å². The first kappa shape index (κ1) is 22.7. The molecule has 0 aliphatic carbocycles. The number of amides is 2. The highest BCUT2D eigenvalue weighted by atomic mass is 32.2. The molecule has 174 valence electrons. The molecule has 0 unspecified atom stereocenters. The summed E-state index contributed by atoms with van der Waals surface area (Å²) in [4.78, 5) is 27.4. The second kappa shape index (κ2) is 10.5. The molecule has 5 nitrogen and oxygen atoms in total. The summed E-state index contributed by atoms with van der Waals surface area (Å²) in [5.74, 6) is 1.62. The van der Waals surface area contributed by atoms with Crippen molar-refractivity contribution >= 4 is 29.3 Å². The molecule has 0 spiro atoms. The summed E-state index contributed by atoms with van der Waals surface area (Å²) in [7, 11) is 0. The lowest BCUT2D eigenvalue weighted by Gasteiger charge is -2.24. The minimum atomic E-state index is -0.225. The van der Waals surface area contributed by atoms with Gasteiger partial charge in [-0.1, -0.05) is 72.8 Å². The highest BCUT2D eigenvalue weighted by Crippen LogP contribution is 2.39. The first-order valence-electron chi connectivity index (χ1n) is 11.4. The molecule has 1 aliphatic heterocycles. The number of nitrogens with zero attached hydrogens (tertiary/aromatic N) is 1. The Morgan fingerprint density at radius 1 is 0.857 bits per heavy atom. The fourth-order valence-corrected chi connectivity index (χ4v) is 5.14. The third-order valence-corrected chi connectivity index (χ3v) is 6.98. The number of rotatable bonds is 7. The molecule has 1 atom stereocenters. The maximum atomic E-state index is 13.0. The van der Waals surface area contributed by atoms with Gasteiger partial charge in [0.25, 0.3) is 5.91 Å². The second-order valence-corrected chi connectivity index (χ2v) is 9.23. The van der Waals surface area contributed by atoms with Gasteiger partial charge in [-0.25, -0.2) is 0 Å². The van der Waals surface area contributed by atoms with E-state index in [0.29, 0.717) is 35.0 Å². The van der Waals surface area contributed by atoms with E-state index in [9.17, 15) is 9.59 Å². The van der Waals surface area contributed by atoms with Crippen molar-refractivity contribution in [2.75, 3.05) is 11.1 Å². The smallest absolute Gasteiger partial charge is 0.255 e. The van der Waals surface area contributed by atoms with Gasteiger partial charge in [-0.15, -0.1) is 11.8 Å². The monoisotopic (exact) mass is 480 g/mol. The van der Waals surface area contributed by atoms with Crippen molar-refractivity contribution in [1.29, 1.82) is 0 Å². The highest BCUT2D eigenvalue weighted by Gasteiger charge is 2.32. The van der Waals surface area contributed by atoms with Gasteiger partial charge in [0.15, 0.2) is 5.75 Å². The molecule has 0 saturated carbocycles. The van der Waals surface area contributed by atoms with E-state index in [-0.39, 0.29) is 17.2 Å². The molecule has 0 bridgehead atoms. The number of hydrogen-bond donors (Lipinski definition) is 1. The first-order valence-corrected chi connectivity index (χ1v) is 12.4. The fraction of sp³-hybridized carbons (Fsp3) is 0.103. The van der Waals surface area contributed by atoms with Gasteiger partial charge in [-0.05, 0) is 47.5 Å². The predicted molar refractivity (Wildman–Crippen MR) is 140 cm³/mol. The molecule has 5 rings (SSSR count). The van der Waals surface area contributed by atoms with Gasteiger partial charge in [0.2, 0.25) is 5.91 Å². The fourth-order valence-electron chi connectivity index (χ4n) is 3.95. The van der Waals surface area contributed by atoms with Crippen LogP contribution in [0.1, 0.15) is 26.9 Å². The van der Waals surface area contributed by atoms with E-state index < -0.39 is 0 Å². The van der Waals surface area contributed by atoms with Gasteiger partial charge < -0.3 is 15.0 Å². The zero-order valence-electron chi connectivity index (χ0n) is 19.0. The molecule has 0 radical (unpaired) electrons. The molecular weight excluding hydrogens is 456 g/mol. The number of hydrogen-bond acceptors (Lipinski definition) is 4. The zero-order chi connectivity index (χ0) is 24.0. The van der Waals surface area contributed by atoms with Crippen LogP contribution in [0.15, 0.2) is 109 Å². The molecular formula is C29H24N2O3S. The van der Waals surface area contributed by atoms with E-state index in [1.165, 1.54) is 0 Å². The molecule has 1 N–H and O–H groups in total. The normalized spacial score (nSPS) is 15.1. The minimum Gasteiger partial charge on any atom is -0.455 e. The Morgan fingerprint density at radius 3 is 2.26 bits per heavy atom. The summed E-state index contributed by atoms with van der Waals surface area (Å²) < 4.78 is 5.95. The largest absolute Gasteiger partial charge is 0.455 e. The van der Waals surface area contributed by atoms with Gasteiger partial charge in [-0.2, -0.15) is 0 Å². The van der Waals surface area contributed by atoms with Crippen molar-refractivity contribution in [2.24, 2.45) is 0 Å². The van der Waals surface area contributed by atoms with Crippen LogP contribution in [0.3, 0.4) is 0 Å². The molecule has 4 aromatic carbocycles. The van der Waals surface area contributed by atoms with Crippen LogP contribution in [0.5, 0.6) is 11.5 Å². The van der Waals surface area contributed by atoms with Gasteiger partial charge in [-0.3, -0.25) is 9.59 Å². The van der Waals surface area contributed by atoms with Crippen molar-refractivity contribution in [1.82, 2.24) is 4.90 Å². The Bertz CT molecular complexity index is 1310. The number of carbonyl (C=O) groups excluding carboxylic acids is 2. The summed E-state index contributed by atoms with van der Waals surface area (Å²) in [6.07, 6.45) is 0. The molecule has 4 aromatic rings. The molecule has 2 amide bonds. The van der Waals surface area contributed by atoms with Gasteiger partial charge in [0, 0.05) is 12.1 Å². The highest BCUT2D eigenvalue weighted by molar-refractivity contribution is 8.00. The van der Waals surface area contributed by atoms with Crippen LogP contribution >= 0.6 is 11.8 Å². The Hall–Kier alpha value is -4.03. The Labute approximate surface area is 208 Å². The van der Waals surface area contributed by atoms with Crippen molar-refractivity contribution < 1.29 is 14.3 Å². The minimum absolute atomic E-state index is 0.0696. The third-order valence-electron chi connectivity index (χ3n) is 5.73. The maximum Gasteiger partial charge on any atom is 0.255 e. The van der Waals surface area contributed by atoms with Crippen LogP contribution < -0.4 is 10.1 Å². The number of ether oxygens (including phenoxy) is 1. The van der Waals surface area contributed by atoms with Crippen LogP contribution in [-0.4, -0.2) is 22.5 Å². The van der Waals surface area contributed by atoms with Gasteiger partial charge >= 0.3 is 0 Å². The van der Waals surface area contributed by atoms with E-state index in [1.54, 1.807) is 23.9 Å². The molecule has 1 fully saturated rings. The maximum absolute atomic E-state index is 13.0. The lowest BCUT2D eigenvalue weighted by Crippen LogP contribution is -2.27. The zero-order valence-corrected chi connectivity index (χ0v) is 19.8. The lowest BCUT2D eigenvalue weighted by molar-refractivity contribution is -0.128. The molecule has 1 heterocycles. The van der Waals surface area contributed by atoms with Gasteiger partial charge in [0.1, 0.15) is 11.1 Å². The van der Waals surface area contributed by atoms with Crippen molar-refractivity contribution in [3.8, 4) is 11.5 Å². The van der Waals surface area contributed by atoms with Crippen molar-refractivity contribution in [3.63, 3.8) is 0 Å². The Kier molecular flexibility index (Phi) is 6.82. The molecule has 6 heteroatoms. The SMILES string of the molecule is O=C(Nc1ccccc1Oc1ccccc1)c1ccc([C@H]2SCC(=O)N2Cc2ccccc2)cc1. The van der Waals surface area contributed by atoms with E-state index in [0.717, 1.165) is 11.1 Å². The Morgan fingerprint density at radius 2 is 1.51 bits per heavy atom. The van der Waals surface area contributed by atoms with E-state index in [1.807, 2.05) is 102 Å². The van der Waals surface area contributed by atoms with Crippen LogP contribution in [0, 0.1) is 0 Å². The second-order valence-electron chi connectivity index (χ2n) is 8.16. The summed E-state index contributed by atoms with van der Waals surface area (Å²) in [6, 6.07) is 34.2. The average Bonchev–Trinajstić information content (AvgIpc) is 3.26.